The molecule has 0 saturated heterocycles. The number of halogens is 3. The lowest BCUT2D eigenvalue weighted by Crippen LogP contribution is -2.05. The zero-order chi connectivity index (χ0) is 18.2. The Morgan fingerprint density at radius 1 is 1.12 bits per heavy atom. The number of fused-ring (bicyclic) bond motifs is 1. The van der Waals surface area contributed by atoms with Crippen molar-refractivity contribution in [2.24, 2.45) is 7.05 Å². The molecular formula is C17H17F3N4S. The maximum atomic E-state index is 12.9. The average molecular weight is 366 g/mol. The third-order valence-corrected chi connectivity index (χ3v) is 4.78. The van der Waals surface area contributed by atoms with Gasteiger partial charge in [-0.25, -0.2) is 9.97 Å². The third-order valence-electron chi connectivity index (χ3n) is 3.87. The van der Waals surface area contributed by atoms with Crippen LogP contribution < -0.4 is 0 Å². The van der Waals surface area contributed by atoms with Crippen LogP contribution in [0.3, 0.4) is 0 Å². The molecule has 0 aliphatic heterocycles. The van der Waals surface area contributed by atoms with E-state index in [1.165, 1.54) is 0 Å². The van der Waals surface area contributed by atoms with E-state index in [0.717, 1.165) is 34.9 Å². The van der Waals surface area contributed by atoms with E-state index in [9.17, 15) is 13.2 Å². The Labute approximate surface area is 147 Å². The lowest BCUT2D eigenvalue weighted by Gasteiger charge is -2.09. The highest BCUT2D eigenvalue weighted by Crippen LogP contribution is 2.33. The third kappa shape index (κ3) is 3.35. The number of aryl methyl sites for hydroxylation is 2. The molecule has 4 nitrogen and oxygen atoms in total. The van der Waals surface area contributed by atoms with E-state index in [4.69, 9.17) is 0 Å². The van der Waals surface area contributed by atoms with Crippen molar-refractivity contribution in [3.63, 3.8) is 0 Å². The maximum Gasteiger partial charge on any atom is 0.417 e. The number of imidazole rings is 1. The normalized spacial score (nSPS) is 12.1. The van der Waals surface area contributed by atoms with Gasteiger partial charge in [-0.05, 0) is 29.9 Å². The Morgan fingerprint density at radius 3 is 2.52 bits per heavy atom. The number of rotatable bonds is 4. The Hall–Kier alpha value is -2.09. The highest BCUT2D eigenvalue weighted by atomic mass is 32.2. The summed E-state index contributed by atoms with van der Waals surface area (Å²) in [6.45, 7) is 4.09. The largest absolute Gasteiger partial charge is 0.417 e. The molecule has 3 aromatic rings. The van der Waals surface area contributed by atoms with Crippen molar-refractivity contribution in [3.05, 3.63) is 35.7 Å². The van der Waals surface area contributed by atoms with E-state index < -0.39 is 11.7 Å². The van der Waals surface area contributed by atoms with Crippen molar-refractivity contribution < 1.29 is 13.2 Å². The topological polar surface area (TPSA) is 43.6 Å². The molecule has 0 N–H and O–H groups in total. The molecule has 0 unspecified atom stereocenters. The van der Waals surface area contributed by atoms with Gasteiger partial charge in [-0.2, -0.15) is 13.2 Å². The zero-order valence-corrected chi connectivity index (χ0v) is 14.9. The van der Waals surface area contributed by atoms with Crippen LogP contribution in [0.4, 0.5) is 13.2 Å². The van der Waals surface area contributed by atoms with Gasteiger partial charge in [0.2, 0.25) is 0 Å². The second-order valence-electron chi connectivity index (χ2n) is 5.54. The summed E-state index contributed by atoms with van der Waals surface area (Å²) < 4.78 is 40.4. The van der Waals surface area contributed by atoms with Crippen molar-refractivity contribution in [2.45, 2.75) is 31.3 Å². The first-order valence-corrected chi connectivity index (χ1v) is 8.85. The van der Waals surface area contributed by atoms with Crippen LogP contribution in [0.5, 0.6) is 0 Å². The van der Waals surface area contributed by atoms with Gasteiger partial charge in [0.05, 0.1) is 5.56 Å². The number of aromatic nitrogens is 4. The molecule has 0 atom stereocenters. The Morgan fingerprint density at radius 2 is 1.88 bits per heavy atom. The predicted octanol–water partition coefficient (Wildman–Crippen LogP) is 4.72. The lowest BCUT2D eigenvalue weighted by atomic mass is 10.2. The monoisotopic (exact) mass is 366 g/mol. The summed E-state index contributed by atoms with van der Waals surface area (Å²) in [4.78, 5) is 13.8. The summed E-state index contributed by atoms with van der Waals surface area (Å²) in [5, 5.41) is 0. The van der Waals surface area contributed by atoms with Crippen LogP contribution in [0.1, 0.15) is 25.0 Å². The summed E-state index contributed by atoms with van der Waals surface area (Å²) >= 11 is 1.64. The van der Waals surface area contributed by atoms with E-state index in [1.54, 1.807) is 29.6 Å². The van der Waals surface area contributed by atoms with Crippen LogP contribution >= 0.6 is 11.8 Å². The fourth-order valence-corrected chi connectivity index (χ4v) is 3.38. The molecule has 0 amide bonds. The fraction of sp³-hybridized carbons (Fsp3) is 0.353. The molecule has 3 heterocycles. The second-order valence-corrected chi connectivity index (χ2v) is 6.84. The van der Waals surface area contributed by atoms with Gasteiger partial charge in [-0.15, -0.1) is 11.8 Å². The Kier molecular flexibility index (Phi) is 4.73. The minimum atomic E-state index is -4.44. The summed E-state index contributed by atoms with van der Waals surface area (Å²) in [6.07, 6.45) is -0.960. The SMILES string of the molecule is CCSc1cc(CC)cnc1-c1nc2cc(C(F)(F)F)cnc2n1C. The van der Waals surface area contributed by atoms with Crippen LogP contribution in [0, 0.1) is 0 Å². The van der Waals surface area contributed by atoms with E-state index in [2.05, 4.69) is 27.9 Å². The molecule has 8 heteroatoms. The van der Waals surface area contributed by atoms with E-state index in [-0.39, 0.29) is 5.52 Å². The smallest absolute Gasteiger partial charge is 0.310 e. The molecule has 0 saturated carbocycles. The molecule has 0 aliphatic carbocycles. The van der Waals surface area contributed by atoms with Gasteiger partial charge in [-0.3, -0.25) is 4.98 Å². The Bertz CT molecular complexity index is 918. The molecule has 3 rings (SSSR count). The minimum absolute atomic E-state index is 0.209. The van der Waals surface area contributed by atoms with Crippen molar-refractivity contribution in [1.82, 2.24) is 19.5 Å². The van der Waals surface area contributed by atoms with Crippen LogP contribution in [-0.4, -0.2) is 25.3 Å². The van der Waals surface area contributed by atoms with E-state index >= 15 is 0 Å². The molecule has 0 aliphatic rings. The number of alkyl halides is 3. The van der Waals surface area contributed by atoms with Crippen LogP contribution in [0.25, 0.3) is 22.7 Å². The molecule has 0 spiro atoms. The molecule has 0 bridgehead atoms. The molecule has 0 fully saturated rings. The van der Waals surface area contributed by atoms with Crippen molar-refractivity contribution in [2.75, 3.05) is 5.75 Å². The number of pyridine rings is 2. The van der Waals surface area contributed by atoms with Crippen molar-refractivity contribution in [3.8, 4) is 11.5 Å². The second kappa shape index (κ2) is 6.67. The zero-order valence-electron chi connectivity index (χ0n) is 14.1. The first kappa shape index (κ1) is 17.7. The number of thioether (sulfide) groups is 1. The Balaban J connectivity index is 2.17. The molecule has 0 aromatic carbocycles. The fourth-order valence-electron chi connectivity index (χ4n) is 2.55. The van der Waals surface area contributed by atoms with Crippen molar-refractivity contribution in [1.29, 1.82) is 0 Å². The van der Waals surface area contributed by atoms with Gasteiger partial charge in [0.15, 0.2) is 11.5 Å². The van der Waals surface area contributed by atoms with E-state index in [1.807, 2.05) is 6.92 Å². The minimum Gasteiger partial charge on any atom is -0.310 e. The molecule has 0 radical (unpaired) electrons. The lowest BCUT2D eigenvalue weighted by molar-refractivity contribution is -0.137. The van der Waals surface area contributed by atoms with Gasteiger partial charge in [0.25, 0.3) is 0 Å². The van der Waals surface area contributed by atoms with Gasteiger partial charge in [0, 0.05) is 24.3 Å². The van der Waals surface area contributed by atoms with Gasteiger partial charge >= 0.3 is 6.18 Å². The molecular weight excluding hydrogens is 349 g/mol. The summed E-state index contributed by atoms with van der Waals surface area (Å²) in [7, 11) is 1.74. The first-order valence-electron chi connectivity index (χ1n) is 7.86. The van der Waals surface area contributed by atoms with Crippen LogP contribution in [0.2, 0.25) is 0 Å². The van der Waals surface area contributed by atoms with Gasteiger partial charge in [-0.1, -0.05) is 13.8 Å². The number of hydrogen-bond acceptors (Lipinski definition) is 4. The number of nitrogens with zero attached hydrogens (tertiary/aromatic N) is 4. The quantitative estimate of drug-likeness (QED) is 0.627. The first-order chi connectivity index (χ1) is 11.8. The maximum absolute atomic E-state index is 12.9. The van der Waals surface area contributed by atoms with Crippen LogP contribution in [0.15, 0.2) is 29.4 Å². The molecule has 3 aromatic heterocycles. The molecule has 132 valence electrons. The van der Waals surface area contributed by atoms with E-state index in [0.29, 0.717) is 17.2 Å². The van der Waals surface area contributed by atoms with Crippen LogP contribution in [-0.2, 0) is 19.6 Å². The summed E-state index contributed by atoms with van der Waals surface area (Å²) in [5.74, 6) is 1.38. The standard InChI is InChI=1S/C17H17F3N4S/c1-4-10-6-13(25-5-2)14(21-8-10)16-23-12-7-11(17(18,19)20)9-22-15(12)24(16)3/h6-9H,4-5H2,1-3H3. The average Bonchev–Trinajstić information content (AvgIpc) is 2.90. The van der Waals surface area contributed by atoms with Gasteiger partial charge < -0.3 is 4.57 Å². The highest BCUT2D eigenvalue weighted by molar-refractivity contribution is 7.99. The summed E-state index contributed by atoms with van der Waals surface area (Å²) in [5.41, 5.74) is 1.58. The highest BCUT2D eigenvalue weighted by Gasteiger charge is 2.32. The predicted molar refractivity (Wildman–Crippen MR) is 92.5 cm³/mol. The number of hydrogen-bond donors (Lipinski definition) is 0. The van der Waals surface area contributed by atoms with Crippen molar-refractivity contribution >= 4 is 22.9 Å². The van der Waals surface area contributed by atoms with Gasteiger partial charge in [0.1, 0.15) is 11.2 Å². The molecule has 25 heavy (non-hydrogen) atoms. The summed E-state index contributed by atoms with van der Waals surface area (Å²) in [6, 6.07) is 3.09.